The van der Waals surface area contributed by atoms with Crippen molar-refractivity contribution in [2.45, 2.75) is 6.10 Å². The fraction of sp³-hybridized carbons (Fsp3) is 0.0500. The average Bonchev–Trinajstić information content (AvgIpc) is 3.47. The van der Waals surface area contributed by atoms with Crippen molar-refractivity contribution in [2.24, 2.45) is 0 Å². The third kappa shape index (κ3) is 3.02. The quantitative estimate of drug-likeness (QED) is 0.397. The van der Waals surface area contributed by atoms with Crippen molar-refractivity contribution in [1.29, 1.82) is 0 Å². The number of nitrogens with one attached hydrogen (secondary N) is 1. The minimum atomic E-state index is -0.804. The van der Waals surface area contributed by atoms with Gasteiger partial charge in [0.05, 0.1) is 4.88 Å². The number of fused-ring (bicyclic) bond motifs is 1. The van der Waals surface area contributed by atoms with Gasteiger partial charge in [0.2, 0.25) is 0 Å². The Balaban J connectivity index is 1.68. The first kappa shape index (κ1) is 17.5. The number of aliphatic hydroxyl groups is 1. The van der Waals surface area contributed by atoms with Crippen molar-refractivity contribution in [2.75, 3.05) is 0 Å². The second-order valence-corrected chi connectivity index (χ2v) is 8.56. The van der Waals surface area contributed by atoms with Crippen LogP contribution in [0, 0.1) is 0 Å². The summed E-state index contributed by atoms with van der Waals surface area (Å²) < 4.78 is 0. The fourth-order valence-electron chi connectivity index (χ4n) is 3.16. The summed E-state index contributed by atoms with van der Waals surface area (Å²) >= 11 is 9.18. The highest BCUT2D eigenvalue weighted by Gasteiger charge is 2.22. The number of hydrogen-bond acceptors (Lipinski definition) is 6. The molecule has 0 spiro atoms. The second-order valence-electron chi connectivity index (χ2n) is 6.18. The maximum absolute atomic E-state index is 11.1. The lowest BCUT2D eigenvalue weighted by atomic mass is 10.0. The van der Waals surface area contributed by atoms with Crippen LogP contribution >= 0.6 is 34.3 Å². The normalized spacial score (nSPS) is 12.5. The van der Waals surface area contributed by atoms with Crippen molar-refractivity contribution in [3.63, 3.8) is 0 Å². The Hall–Kier alpha value is -2.58. The first-order valence-electron chi connectivity index (χ1n) is 8.46. The van der Waals surface area contributed by atoms with Gasteiger partial charge in [-0.05, 0) is 41.3 Å². The predicted molar refractivity (Wildman–Crippen MR) is 114 cm³/mol. The van der Waals surface area contributed by atoms with Crippen LogP contribution < -0.4 is 0 Å². The minimum absolute atomic E-state index is 0.633. The van der Waals surface area contributed by atoms with E-state index >= 15 is 0 Å². The van der Waals surface area contributed by atoms with E-state index < -0.39 is 6.10 Å². The zero-order valence-electron chi connectivity index (χ0n) is 14.3. The lowest BCUT2D eigenvalue weighted by Crippen LogP contribution is -2.00. The second kappa shape index (κ2) is 7.10. The maximum atomic E-state index is 11.1. The van der Waals surface area contributed by atoms with Gasteiger partial charge in [0, 0.05) is 32.6 Å². The first-order valence-corrected chi connectivity index (χ1v) is 10.5. The molecule has 0 aliphatic heterocycles. The van der Waals surface area contributed by atoms with Crippen molar-refractivity contribution >= 4 is 44.5 Å². The summed E-state index contributed by atoms with van der Waals surface area (Å²) in [4.78, 5) is 11.6. The Labute approximate surface area is 173 Å². The average molecular weight is 425 g/mol. The summed E-state index contributed by atoms with van der Waals surface area (Å²) in [6.07, 6.45) is 2.48. The Kier molecular flexibility index (Phi) is 4.44. The number of pyridine rings is 1. The molecule has 5 aromatic rings. The summed E-state index contributed by atoms with van der Waals surface area (Å²) in [6, 6.07) is 13.3. The number of benzene rings is 1. The molecule has 0 bridgehead atoms. The molecule has 1 atom stereocenters. The van der Waals surface area contributed by atoms with Gasteiger partial charge < -0.3 is 5.11 Å². The van der Waals surface area contributed by atoms with E-state index in [1.807, 2.05) is 35.8 Å². The molecule has 0 fully saturated rings. The van der Waals surface area contributed by atoms with Crippen molar-refractivity contribution in [3.8, 4) is 21.1 Å². The molecule has 138 valence electrons. The number of aliphatic hydroxyl groups excluding tert-OH is 1. The topological polar surface area (TPSA) is 74.7 Å². The molecule has 1 unspecified atom stereocenters. The number of aromatic amines is 1. The summed E-state index contributed by atoms with van der Waals surface area (Å²) in [6.45, 7) is 0. The van der Waals surface area contributed by atoms with Gasteiger partial charge in [-0.3, -0.25) is 5.10 Å². The molecule has 8 heteroatoms. The molecule has 28 heavy (non-hydrogen) atoms. The molecular weight excluding hydrogens is 412 g/mol. The molecule has 0 amide bonds. The highest BCUT2D eigenvalue weighted by Crippen LogP contribution is 2.43. The van der Waals surface area contributed by atoms with E-state index in [0.717, 1.165) is 36.7 Å². The van der Waals surface area contributed by atoms with Gasteiger partial charge in [0.1, 0.15) is 17.3 Å². The fourth-order valence-corrected chi connectivity index (χ4v) is 5.22. The highest BCUT2D eigenvalue weighted by molar-refractivity contribution is 7.19. The molecule has 0 radical (unpaired) electrons. The standard InChI is InChI=1S/C20H13ClN4OS2/c21-12-3-1-11(2-4-12)17(26)15-9-16(28-18(15)19-23-10-24-25-19)13-5-7-22-20-14(13)6-8-27-20/h1-10,17,26H,(H,23,24,25). The van der Waals surface area contributed by atoms with Crippen molar-refractivity contribution in [3.05, 3.63) is 76.5 Å². The first-order chi connectivity index (χ1) is 13.7. The molecule has 4 aromatic heterocycles. The van der Waals surface area contributed by atoms with Gasteiger partial charge in [0.15, 0.2) is 5.82 Å². The van der Waals surface area contributed by atoms with Gasteiger partial charge in [0.25, 0.3) is 0 Å². The predicted octanol–water partition coefficient (Wildman–Crippen LogP) is 5.55. The van der Waals surface area contributed by atoms with Gasteiger partial charge >= 0.3 is 0 Å². The zero-order valence-corrected chi connectivity index (χ0v) is 16.7. The lowest BCUT2D eigenvalue weighted by Gasteiger charge is -2.11. The molecule has 4 heterocycles. The number of aromatic nitrogens is 4. The maximum Gasteiger partial charge on any atom is 0.165 e. The molecule has 0 saturated carbocycles. The molecule has 0 saturated heterocycles. The van der Waals surface area contributed by atoms with Gasteiger partial charge in [-0.2, -0.15) is 5.10 Å². The van der Waals surface area contributed by atoms with Crippen molar-refractivity contribution < 1.29 is 5.11 Å². The monoisotopic (exact) mass is 424 g/mol. The number of nitrogens with zero attached hydrogens (tertiary/aromatic N) is 3. The number of rotatable bonds is 4. The summed E-state index contributed by atoms with van der Waals surface area (Å²) in [7, 11) is 0. The molecule has 0 aliphatic carbocycles. The largest absolute Gasteiger partial charge is 0.384 e. The van der Waals surface area contributed by atoms with Crippen LogP contribution in [0.4, 0.5) is 0 Å². The molecular formula is C20H13ClN4OS2. The van der Waals surface area contributed by atoms with E-state index in [-0.39, 0.29) is 0 Å². The third-order valence-electron chi connectivity index (χ3n) is 4.50. The van der Waals surface area contributed by atoms with Crippen LogP contribution in [-0.4, -0.2) is 25.3 Å². The summed E-state index contributed by atoms with van der Waals surface area (Å²) in [5.74, 6) is 0.634. The van der Waals surface area contributed by atoms with E-state index in [0.29, 0.717) is 10.8 Å². The molecule has 1 aromatic carbocycles. The Morgan fingerprint density at radius 1 is 1.07 bits per heavy atom. The van der Waals surface area contributed by atoms with Crippen LogP contribution in [0.1, 0.15) is 17.2 Å². The van der Waals surface area contributed by atoms with E-state index in [1.54, 1.807) is 34.8 Å². The Bertz CT molecular complexity index is 1250. The molecule has 5 rings (SSSR count). The molecule has 0 aliphatic rings. The summed E-state index contributed by atoms with van der Waals surface area (Å²) in [5.41, 5.74) is 2.63. The van der Waals surface area contributed by atoms with Crippen molar-refractivity contribution in [1.82, 2.24) is 20.2 Å². The number of H-pyrrole nitrogens is 1. The Morgan fingerprint density at radius 2 is 1.93 bits per heavy atom. The summed E-state index contributed by atoms with van der Waals surface area (Å²) in [5, 5.41) is 21.7. The minimum Gasteiger partial charge on any atom is -0.384 e. The zero-order chi connectivity index (χ0) is 19.1. The number of hydrogen-bond donors (Lipinski definition) is 2. The number of thiophene rings is 2. The van der Waals surface area contributed by atoms with E-state index in [4.69, 9.17) is 11.6 Å². The lowest BCUT2D eigenvalue weighted by molar-refractivity contribution is 0.221. The third-order valence-corrected chi connectivity index (χ3v) is 6.77. The van der Waals surface area contributed by atoms with E-state index in [2.05, 4.69) is 26.2 Å². The highest BCUT2D eigenvalue weighted by atomic mass is 35.5. The SMILES string of the molecule is OC(c1ccc(Cl)cc1)c1cc(-c2ccnc3sccc23)sc1-c1ncn[nH]1. The van der Waals surface area contributed by atoms with Crippen LogP contribution in [0.5, 0.6) is 0 Å². The van der Waals surface area contributed by atoms with Crippen LogP contribution in [0.25, 0.3) is 31.4 Å². The molecule has 2 N–H and O–H groups in total. The van der Waals surface area contributed by atoms with Crippen LogP contribution in [0.15, 0.2) is 60.4 Å². The van der Waals surface area contributed by atoms with Crippen LogP contribution in [-0.2, 0) is 0 Å². The van der Waals surface area contributed by atoms with Gasteiger partial charge in [-0.25, -0.2) is 9.97 Å². The van der Waals surface area contributed by atoms with Crippen LogP contribution in [0.3, 0.4) is 0 Å². The number of halogens is 1. The van der Waals surface area contributed by atoms with Crippen LogP contribution in [0.2, 0.25) is 5.02 Å². The van der Waals surface area contributed by atoms with Gasteiger partial charge in [-0.15, -0.1) is 22.7 Å². The molecule has 5 nitrogen and oxygen atoms in total. The van der Waals surface area contributed by atoms with Gasteiger partial charge in [-0.1, -0.05) is 23.7 Å². The van der Waals surface area contributed by atoms with E-state index in [1.165, 1.54) is 6.33 Å². The smallest absolute Gasteiger partial charge is 0.165 e. The van der Waals surface area contributed by atoms with E-state index in [9.17, 15) is 5.11 Å². The Morgan fingerprint density at radius 3 is 2.71 bits per heavy atom.